The van der Waals surface area contributed by atoms with Crippen molar-refractivity contribution in [3.05, 3.63) is 29.8 Å². The van der Waals surface area contributed by atoms with Gasteiger partial charge in [0.2, 0.25) is 29.5 Å². The molecule has 5 amide bonds. The van der Waals surface area contributed by atoms with Crippen molar-refractivity contribution in [2.24, 2.45) is 17.2 Å². The molecule has 4 atom stereocenters. The lowest BCUT2D eigenvalue weighted by molar-refractivity contribution is -0.144. The minimum absolute atomic E-state index is 0.0393. The Morgan fingerprint density at radius 2 is 1.26 bits per heavy atom. The number of nitrogens with two attached hydrogens (primary N) is 3. The van der Waals surface area contributed by atoms with Gasteiger partial charge in [-0.05, 0) is 24.1 Å². The number of carboxylic acids is 1. The zero-order valence-corrected chi connectivity index (χ0v) is 19.4. The van der Waals surface area contributed by atoms with E-state index in [-0.39, 0.29) is 17.9 Å². The number of benzene rings is 1. The van der Waals surface area contributed by atoms with Crippen molar-refractivity contribution in [3.8, 4) is 5.75 Å². The predicted molar refractivity (Wildman–Crippen MR) is 125 cm³/mol. The van der Waals surface area contributed by atoms with E-state index in [4.69, 9.17) is 22.3 Å². The van der Waals surface area contributed by atoms with Gasteiger partial charge in [-0.2, -0.15) is 12.6 Å². The van der Waals surface area contributed by atoms with Gasteiger partial charge in [0, 0.05) is 5.75 Å². The molecule has 0 saturated carbocycles. The number of thiol groups is 1. The molecule has 1 aromatic rings. The molecular formula is C20H28N6O8S. The van der Waals surface area contributed by atoms with Gasteiger partial charge in [0.15, 0.2) is 0 Å². The maximum atomic E-state index is 12.7. The molecule has 0 saturated heterocycles. The van der Waals surface area contributed by atoms with Crippen molar-refractivity contribution >= 4 is 48.1 Å². The molecule has 0 aromatic heterocycles. The van der Waals surface area contributed by atoms with E-state index in [1.54, 1.807) is 12.1 Å². The molecule has 4 unspecified atom stereocenters. The fourth-order valence-corrected chi connectivity index (χ4v) is 3.06. The molecule has 1 aromatic carbocycles. The SMILES string of the molecule is NC(=O)CC(NC(=O)C(CC(N)=O)NC(=O)C(CS)NC(=O)C(N)Cc1ccc(O)cc1)C(=O)O. The van der Waals surface area contributed by atoms with Crippen LogP contribution in [0.3, 0.4) is 0 Å². The molecule has 192 valence electrons. The summed E-state index contributed by atoms with van der Waals surface area (Å²) in [6, 6.07) is 0.330. The number of hydrogen-bond donors (Lipinski definition) is 9. The maximum Gasteiger partial charge on any atom is 0.326 e. The highest BCUT2D eigenvalue weighted by atomic mass is 32.1. The predicted octanol–water partition coefficient (Wildman–Crippen LogP) is -3.52. The van der Waals surface area contributed by atoms with E-state index in [1.807, 2.05) is 5.32 Å². The summed E-state index contributed by atoms with van der Waals surface area (Å²) in [5.41, 5.74) is 16.6. The number of phenols is 1. The van der Waals surface area contributed by atoms with E-state index in [9.17, 15) is 33.9 Å². The normalized spacial score (nSPS) is 14.0. The average Bonchev–Trinajstić information content (AvgIpc) is 2.76. The Bertz CT molecular complexity index is 957. The van der Waals surface area contributed by atoms with Crippen molar-refractivity contribution in [3.63, 3.8) is 0 Å². The molecule has 0 spiro atoms. The summed E-state index contributed by atoms with van der Waals surface area (Å²) in [6.07, 6.45) is -1.34. The Hall–Kier alpha value is -3.85. The van der Waals surface area contributed by atoms with Crippen LogP contribution in [0.1, 0.15) is 18.4 Å². The van der Waals surface area contributed by atoms with Crippen LogP contribution in [0.4, 0.5) is 0 Å². The maximum absolute atomic E-state index is 12.7. The van der Waals surface area contributed by atoms with Crippen LogP contribution in [-0.2, 0) is 35.2 Å². The van der Waals surface area contributed by atoms with E-state index >= 15 is 0 Å². The molecule has 0 aliphatic heterocycles. The van der Waals surface area contributed by atoms with E-state index < -0.39 is 72.5 Å². The summed E-state index contributed by atoms with van der Waals surface area (Å²) >= 11 is 4.01. The molecule has 35 heavy (non-hydrogen) atoms. The van der Waals surface area contributed by atoms with Crippen LogP contribution in [0.15, 0.2) is 24.3 Å². The Balaban J connectivity index is 2.85. The summed E-state index contributed by atoms with van der Waals surface area (Å²) in [5, 5.41) is 25.0. The quantitative estimate of drug-likeness (QED) is 0.112. The minimum Gasteiger partial charge on any atom is -0.508 e. The Morgan fingerprint density at radius 1 is 0.800 bits per heavy atom. The van der Waals surface area contributed by atoms with Gasteiger partial charge in [-0.3, -0.25) is 24.0 Å². The van der Waals surface area contributed by atoms with Crippen LogP contribution in [0.25, 0.3) is 0 Å². The van der Waals surface area contributed by atoms with E-state index in [2.05, 4.69) is 23.3 Å². The van der Waals surface area contributed by atoms with Crippen molar-refractivity contribution < 1.29 is 39.0 Å². The Labute approximate surface area is 205 Å². The lowest BCUT2D eigenvalue weighted by Gasteiger charge is -2.23. The zero-order valence-electron chi connectivity index (χ0n) is 18.5. The lowest BCUT2D eigenvalue weighted by Crippen LogP contribution is -2.58. The number of phenolic OH excluding ortho intramolecular Hbond substituents is 1. The zero-order chi connectivity index (χ0) is 26.7. The highest BCUT2D eigenvalue weighted by molar-refractivity contribution is 7.80. The topological polar surface area (TPSA) is 257 Å². The first-order valence-corrected chi connectivity index (χ1v) is 10.8. The van der Waals surface area contributed by atoms with Gasteiger partial charge in [-0.1, -0.05) is 12.1 Å². The minimum atomic E-state index is -1.70. The molecule has 0 aliphatic rings. The molecule has 0 heterocycles. The number of amides is 5. The van der Waals surface area contributed by atoms with E-state index in [0.717, 1.165) is 0 Å². The number of primary amides is 2. The monoisotopic (exact) mass is 512 g/mol. The number of aromatic hydroxyl groups is 1. The highest BCUT2D eigenvalue weighted by Gasteiger charge is 2.31. The van der Waals surface area contributed by atoms with E-state index in [0.29, 0.717) is 5.56 Å². The first-order chi connectivity index (χ1) is 16.3. The van der Waals surface area contributed by atoms with Crippen LogP contribution in [0.2, 0.25) is 0 Å². The number of hydrogen-bond acceptors (Lipinski definition) is 9. The summed E-state index contributed by atoms with van der Waals surface area (Å²) < 4.78 is 0. The summed E-state index contributed by atoms with van der Waals surface area (Å²) in [5.74, 6) is -6.48. The lowest BCUT2D eigenvalue weighted by atomic mass is 10.1. The molecule has 0 fully saturated rings. The number of aliphatic carboxylic acids is 1. The van der Waals surface area contributed by atoms with E-state index in [1.165, 1.54) is 12.1 Å². The molecule has 0 aliphatic carbocycles. The fourth-order valence-electron chi connectivity index (χ4n) is 2.81. The third-order valence-electron chi connectivity index (χ3n) is 4.60. The summed E-state index contributed by atoms with van der Waals surface area (Å²) in [6.45, 7) is 0. The second-order valence-corrected chi connectivity index (χ2v) is 7.89. The molecule has 15 heteroatoms. The fraction of sp³-hybridized carbons (Fsp3) is 0.400. The van der Waals surface area contributed by atoms with Gasteiger partial charge in [-0.15, -0.1) is 0 Å². The summed E-state index contributed by atoms with van der Waals surface area (Å²) in [7, 11) is 0. The van der Waals surface area contributed by atoms with Crippen LogP contribution in [-0.4, -0.2) is 75.6 Å². The molecule has 1 rings (SSSR count). The Morgan fingerprint density at radius 3 is 1.74 bits per heavy atom. The first kappa shape index (κ1) is 29.2. The third-order valence-corrected chi connectivity index (χ3v) is 4.97. The van der Waals surface area contributed by atoms with Gasteiger partial charge < -0.3 is 43.4 Å². The number of carbonyl (C=O) groups is 6. The van der Waals surface area contributed by atoms with Crippen LogP contribution in [0, 0.1) is 0 Å². The van der Waals surface area contributed by atoms with Crippen LogP contribution >= 0.6 is 12.6 Å². The summed E-state index contributed by atoms with van der Waals surface area (Å²) in [4.78, 5) is 71.2. The third kappa shape index (κ3) is 10.3. The van der Waals surface area contributed by atoms with Gasteiger partial charge in [0.05, 0.1) is 18.9 Å². The molecule has 0 radical (unpaired) electrons. The average molecular weight is 513 g/mol. The molecule has 0 bridgehead atoms. The smallest absolute Gasteiger partial charge is 0.326 e. The first-order valence-electron chi connectivity index (χ1n) is 10.2. The number of carbonyl (C=O) groups excluding carboxylic acids is 5. The van der Waals surface area contributed by atoms with Crippen molar-refractivity contribution in [2.75, 3.05) is 5.75 Å². The highest BCUT2D eigenvalue weighted by Crippen LogP contribution is 2.11. The van der Waals surface area contributed by atoms with Crippen molar-refractivity contribution in [1.29, 1.82) is 0 Å². The van der Waals surface area contributed by atoms with Gasteiger partial charge >= 0.3 is 5.97 Å². The molecule has 11 N–H and O–H groups in total. The van der Waals surface area contributed by atoms with Gasteiger partial charge in [0.1, 0.15) is 23.9 Å². The molecule has 14 nitrogen and oxygen atoms in total. The number of carboxylic acid groups (broad SMARTS) is 1. The van der Waals surface area contributed by atoms with Crippen LogP contribution < -0.4 is 33.2 Å². The second-order valence-electron chi connectivity index (χ2n) is 7.52. The standard InChI is InChI=1S/C20H28N6O8S/c21-11(5-9-1-3-10(27)4-2-9)17(30)26-14(8-35)19(32)24-12(6-15(22)28)18(31)25-13(20(33)34)7-16(23)29/h1-4,11-14,27,35H,5-8,21H2,(H2,22,28)(H2,23,29)(H,24,32)(H,25,31)(H,26,30)(H,33,34). The van der Waals surface area contributed by atoms with Crippen molar-refractivity contribution in [1.82, 2.24) is 16.0 Å². The number of nitrogens with one attached hydrogen (secondary N) is 3. The largest absolute Gasteiger partial charge is 0.508 e. The molecular weight excluding hydrogens is 484 g/mol. The van der Waals surface area contributed by atoms with Gasteiger partial charge in [-0.25, -0.2) is 4.79 Å². The van der Waals surface area contributed by atoms with Crippen molar-refractivity contribution in [2.45, 2.75) is 43.4 Å². The van der Waals surface area contributed by atoms with Crippen LogP contribution in [0.5, 0.6) is 5.75 Å². The second kappa shape index (κ2) is 13.8. The number of rotatable bonds is 14. The van der Waals surface area contributed by atoms with Gasteiger partial charge in [0.25, 0.3) is 0 Å². The Kier molecular flexibility index (Phi) is 11.5.